The lowest BCUT2D eigenvalue weighted by atomic mass is 9.91. The van der Waals surface area contributed by atoms with E-state index in [2.05, 4.69) is 23.0 Å². The average Bonchev–Trinajstić information content (AvgIpc) is 2.23. The van der Waals surface area contributed by atoms with Gasteiger partial charge in [0, 0.05) is 0 Å². The Morgan fingerprint density at radius 1 is 1.40 bits per heavy atom. The molecule has 1 aromatic rings. The van der Waals surface area contributed by atoms with E-state index in [0.29, 0.717) is 10.9 Å². The van der Waals surface area contributed by atoms with Crippen LogP contribution in [0.3, 0.4) is 0 Å². The van der Waals surface area contributed by atoms with Crippen molar-refractivity contribution in [2.75, 3.05) is 0 Å². The smallest absolute Gasteiger partial charge is 0.222 e. The highest BCUT2D eigenvalue weighted by atomic mass is 35.5. The predicted octanol–water partition coefficient (Wildman–Crippen LogP) is 3.76. The summed E-state index contributed by atoms with van der Waals surface area (Å²) in [6.07, 6.45) is 8.72. The molecule has 0 fully saturated rings. The molecule has 0 saturated carbocycles. The first-order valence-corrected chi connectivity index (χ1v) is 5.49. The molecule has 0 amide bonds. The first-order chi connectivity index (χ1) is 7.18. The van der Waals surface area contributed by atoms with E-state index in [4.69, 9.17) is 23.2 Å². The zero-order valence-electron chi connectivity index (χ0n) is 8.24. The second kappa shape index (κ2) is 4.33. The van der Waals surface area contributed by atoms with E-state index in [-0.39, 0.29) is 5.28 Å². The fourth-order valence-electron chi connectivity index (χ4n) is 1.61. The predicted molar refractivity (Wildman–Crippen MR) is 63.0 cm³/mol. The minimum absolute atomic E-state index is 0.233. The summed E-state index contributed by atoms with van der Waals surface area (Å²) in [5, 5.41) is 0.782. The van der Waals surface area contributed by atoms with Gasteiger partial charge in [-0.1, -0.05) is 36.8 Å². The Morgan fingerprint density at radius 2 is 2.20 bits per heavy atom. The molecule has 0 spiro atoms. The molecule has 1 unspecified atom stereocenters. The van der Waals surface area contributed by atoms with E-state index in [0.717, 1.165) is 17.7 Å². The molecule has 0 radical (unpaired) electrons. The first-order valence-electron chi connectivity index (χ1n) is 4.73. The number of hydrogen-bond donors (Lipinski definition) is 0. The quantitative estimate of drug-likeness (QED) is 0.699. The number of hydrogen-bond acceptors (Lipinski definition) is 2. The zero-order chi connectivity index (χ0) is 10.8. The number of rotatable bonds is 1. The molecule has 1 heterocycles. The molecular formula is C11H10Cl2N2. The summed E-state index contributed by atoms with van der Waals surface area (Å²) >= 11 is 11.8. The molecule has 0 N–H and O–H groups in total. The monoisotopic (exact) mass is 240 g/mol. The van der Waals surface area contributed by atoms with Gasteiger partial charge in [0.25, 0.3) is 0 Å². The fraction of sp³-hybridized carbons (Fsp3) is 0.273. The standard InChI is InChI=1S/C11H10Cl2N2/c1-7-4-2-3-5-8(7)10-9(12)6-14-11(13)15-10/h2-3,5-7H,4H2,1H3. The Kier molecular flexibility index (Phi) is 3.08. The van der Waals surface area contributed by atoms with Crippen LogP contribution in [0.15, 0.2) is 24.4 Å². The summed E-state index contributed by atoms with van der Waals surface area (Å²) in [6.45, 7) is 2.14. The lowest BCUT2D eigenvalue weighted by Crippen LogP contribution is -2.04. The molecule has 1 aromatic heterocycles. The summed E-state index contributed by atoms with van der Waals surface area (Å²) in [5.41, 5.74) is 1.86. The zero-order valence-corrected chi connectivity index (χ0v) is 9.76. The van der Waals surface area contributed by atoms with E-state index in [1.165, 1.54) is 6.20 Å². The van der Waals surface area contributed by atoms with Crippen LogP contribution in [0.2, 0.25) is 10.3 Å². The van der Waals surface area contributed by atoms with Crippen LogP contribution in [0, 0.1) is 5.92 Å². The van der Waals surface area contributed by atoms with E-state index < -0.39 is 0 Å². The van der Waals surface area contributed by atoms with Gasteiger partial charge in [-0.05, 0) is 29.5 Å². The molecule has 15 heavy (non-hydrogen) atoms. The molecule has 78 valence electrons. The molecule has 0 saturated heterocycles. The molecule has 1 aliphatic carbocycles. The second-order valence-corrected chi connectivity index (χ2v) is 4.27. The molecule has 0 bridgehead atoms. The van der Waals surface area contributed by atoms with Crippen molar-refractivity contribution in [2.45, 2.75) is 13.3 Å². The summed E-state index contributed by atoms with van der Waals surface area (Å²) < 4.78 is 0. The fourth-order valence-corrected chi connectivity index (χ4v) is 1.94. The molecular weight excluding hydrogens is 231 g/mol. The molecule has 0 aliphatic heterocycles. The largest absolute Gasteiger partial charge is 0.225 e. The van der Waals surface area contributed by atoms with Gasteiger partial charge in [0.05, 0.1) is 16.9 Å². The first kappa shape index (κ1) is 10.7. The van der Waals surface area contributed by atoms with Gasteiger partial charge in [0.2, 0.25) is 5.28 Å². The third-order valence-corrected chi connectivity index (χ3v) is 2.88. The molecule has 2 nitrogen and oxygen atoms in total. The van der Waals surface area contributed by atoms with Crippen molar-refractivity contribution in [3.63, 3.8) is 0 Å². The summed E-state index contributed by atoms with van der Waals surface area (Å²) in [6, 6.07) is 0. The van der Waals surface area contributed by atoms with E-state index >= 15 is 0 Å². The van der Waals surface area contributed by atoms with Gasteiger partial charge in [-0.3, -0.25) is 0 Å². The van der Waals surface area contributed by atoms with Crippen LogP contribution in [0.5, 0.6) is 0 Å². The molecule has 0 aromatic carbocycles. The van der Waals surface area contributed by atoms with Crippen LogP contribution in [0.4, 0.5) is 0 Å². The summed E-state index contributed by atoms with van der Waals surface area (Å²) in [5.74, 6) is 0.415. The normalized spacial score (nSPS) is 20.2. The number of nitrogens with zero attached hydrogens (tertiary/aromatic N) is 2. The Morgan fingerprint density at radius 3 is 2.93 bits per heavy atom. The lowest BCUT2D eigenvalue weighted by molar-refractivity contribution is 0.753. The Labute approximate surface area is 98.6 Å². The highest BCUT2D eigenvalue weighted by Gasteiger charge is 2.16. The molecule has 2 rings (SSSR count). The number of halogens is 2. The van der Waals surface area contributed by atoms with Crippen molar-refractivity contribution in [3.05, 3.63) is 40.4 Å². The van der Waals surface area contributed by atoms with Gasteiger partial charge in [-0.2, -0.15) is 0 Å². The maximum atomic E-state index is 6.05. The molecule has 1 atom stereocenters. The number of aromatic nitrogens is 2. The van der Waals surface area contributed by atoms with E-state index in [1.54, 1.807) is 0 Å². The van der Waals surface area contributed by atoms with Gasteiger partial charge in [-0.15, -0.1) is 0 Å². The van der Waals surface area contributed by atoms with Crippen LogP contribution in [0.25, 0.3) is 5.57 Å². The highest BCUT2D eigenvalue weighted by Crippen LogP contribution is 2.32. The van der Waals surface area contributed by atoms with Crippen LogP contribution in [-0.2, 0) is 0 Å². The van der Waals surface area contributed by atoms with Gasteiger partial charge in [0.1, 0.15) is 0 Å². The lowest BCUT2D eigenvalue weighted by Gasteiger charge is -2.17. The van der Waals surface area contributed by atoms with Crippen molar-refractivity contribution in [1.29, 1.82) is 0 Å². The van der Waals surface area contributed by atoms with Gasteiger partial charge >= 0.3 is 0 Å². The van der Waals surface area contributed by atoms with Crippen molar-refractivity contribution >= 4 is 28.8 Å². The van der Waals surface area contributed by atoms with Gasteiger partial charge < -0.3 is 0 Å². The second-order valence-electron chi connectivity index (χ2n) is 3.52. The van der Waals surface area contributed by atoms with Crippen LogP contribution >= 0.6 is 23.2 Å². The maximum absolute atomic E-state index is 6.05. The van der Waals surface area contributed by atoms with Crippen molar-refractivity contribution in [3.8, 4) is 0 Å². The maximum Gasteiger partial charge on any atom is 0.222 e. The number of allylic oxidation sites excluding steroid dienone is 4. The van der Waals surface area contributed by atoms with Crippen molar-refractivity contribution in [2.24, 2.45) is 5.92 Å². The minimum atomic E-state index is 0.233. The third-order valence-electron chi connectivity index (χ3n) is 2.42. The SMILES string of the molecule is CC1CC=CC=C1c1nc(Cl)ncc1Cl. The van der Waals surface area contributed by atoms with Crippen molar-refractivity contribution in [1.82, 2.24) is 9.97 Å². The average molecular weight is 241 g/mol. The van der Waals surface area contributed by atoms with E-state index in [1.807, 2.05) is 12.2 Å². The minimum Gasteiger partial charge on any atom is -0.225 e. The van der Waals surface area contributed by atoms with Crippen LogP contribution in [-0.4, -0.2) is 9.97 Å². The topological polar surface area (TPSA) is 25.8 Å². The molecule has 4 heteroatoms. The Balaban J connectivity index is 2.48. The van der Waals surface area contributed by atoms with Gasteiger partial charge in [0.15, 0.2) is 0 Å². The van der Waals surface area contributed by atoms with Crippen LogP contribution in [0.1, 0.15) is 19.0 Å². The van der Waals surface area contributed by atoms with Crippen LogP contribution < -0.4 is 0 Å². The summed E-state index contributed by atoms with van der Waals surface area (Å²) in [4.78, 5) is 8.00. The Hall–Kier alpha value is -0.860. The van der Waals surface area contributed by atoms with Crippen molar-refractivity contribution < 1.29 is 0 Å². The van der Waals surface area contributed by atoms with Gasteiger partial charge in [-0.25, -0.2) is 9.97 Å². The van der Waals surface area contributed by atoms with E-state index in [9.17, 15) is 0 Å². The Bertz CT molecular complexity index is 438. The highest BCUT2D eigenvalue weighted by molar-refractivity contribution is 6.32. The summed E-state index contributed by atoms with van der Waals surface area (Å²) in [7, 11) is 0. The third kappa shape index (κ3) is 2.21. The molecule has 1 aliphatic rings.